The van der Waals surface area contributed by atoms with Gasteiger partial charge in [0.2, 0.25) is 0 Å². The minimum Gasteiger partial charge on any atom is -0.463 e. The first-order valence-electron chi connectivity index (χ1n) is 12.7. The number of nitrogens with one attached hydrogen (secondary N) is 2. The second-order valence-electron chi connectivity index (χ2n) is 9.97. The van der Waals surface area contributed by atoms with Gasteiger partial charge in [0.25, 0.3) is 11.8 Å². The molecule has 3 heterocycles. The number of carbonyl (C=O) groups is 3. The van der Waals surface area contributed by atoms with Crippen LogP contribution in [0.2, 0.25) is 0 Å². The van der Waals surface area contributed by atoms with E-state index in [-0.39, 0.29) is 15.5 Å². The Morgan fingerprint density at radius 1 is 1.07 bits per heavy atom. The molecular formula is C28H28FN5O5S. The van der Waals surface area contributed by atoms with Crippen molar-refractivity contribution in [3.05, 3.63) is 82.0 Å². The Labute approximate surface area is 233 Å². The van der Waals surface area contributed by atoms with Crippen molar-refractivity contribution in [1.29, 1.82) is 0 Å². The fourth-order valence-electron chi connectivity index (χ4n) is 4.58. The predicted octanol–water partition coefficient (Wildman–Crippen LogP) is 4.51. The molecule has 1 aliphatic heterocycles. The Balaban J connectivity index is 1.35. The van der Waals surface area contributed by atoms with Crippen molar-refractivity contribution in [2.24, 2.45) is 0 Å². The number of fused-ring (bicyclic) bond motifs is 1. The third-order valence-corrected chi connectivity index (χ3v) is 7.81. The zero-order valence-electron chi connectivity index (χ0n) is 21.9. The van der Waals surface area contributed by atoms with Crippen molar-refractivity contribution >= 4 is 45.3 Å². The number of anilines is 1. The minimum atomic E-state index is -1.36. The summed E-state index contributed by atoms with van der Waals surface area (Å²) in [5.41, 5.74) is 0.707. The number of carbonyl (C=O) groups excluding carboxylic acids is 2. The number of nitrogens with zero attached hydrogens (tertiary/aromatic N) is 3. The van der Waals surface area contributed by atoms with E-state index in [4.69, 9.17) is 4.74 Å². The molecule has 0 radical (unpaired) electrons. The average Bonchev–Trinajstić information content (AvgIpc) is 3.50. The van der Waals surface area contributed by atoms with Gasteiger partial charge < -0.3 is 20.5 Å². The van der Waals surface area contributed by atoms with Crippen LogP contribution in [0, 0.1) is 5.82 Å². The van der Waals surface area contributed by atoms with Crippen molar-refractivity contribution in [1.82, 2.24) is 20.0 Å². The van der Waals surface area contributed by atoms with Crippen LogP contribution in [0.4, 0.5) is 15.0 Å². The summed E-state index contributed by atoms with van der Waals surface area (Å²) >= 11 is 0.912. The fourth-order valence-corrected chi connectivity index (χ4v) is 5.58. The van der Waals surface area contributed by atoms with E-state index in [1.54, 1.807) is 44.2 Å². The zero-order valence-corrected chi connectivity index (χ0v) is 22.8. The summed E-state index contributed by atoms with van der Waals surface area (Å²) in [7, 11) is 0. The lowest BCUT2D eigenvalue weighted by atomic mass is 9.93. The molecule has 2 aromatic heterocycles. The largest absolute Gasteiger partial charge is 0.463 e. The maximum Gasteiger partial charge on any atom is 0.433 e. The molecule has 5 rings (SSSR count). The molecule has 4 aromatic rings. The van der Waals surface area contributed by atoms with Crippen LogP contribution in [0.5, 0.6) is 0 Å². The molecule has 3 N–H and O–H groups in total. The standard InChI is InChI=1S/C28H28FN5O5S/c1-28(2,20-5-3-4-6-21(20)29)31-25(36)22-15-19-23(32-34(27(37)38)26(19)40-22)30-24(35)18-9-7-17(8-10-18)16-33-11-13-39-14-12-33/h3-10,15H,11-14,16H2,1-2H3,(H,31,36)(H,37,38)(H,30,32,35). The predicted molar refractivity (Wildman–Crippen MR) is 148 cm³/mol. The van der Waals surface area contributed by atoms with Crippen LogP contribution >= 0.6 is 11.3 Å². The van der Waals surface area contributed by atoms with Crippen LogP contribution in [0.3, 0.4) is 0 Å². The SMILES string of the molecule is CC(C)(NC(=O)c1cc2c(NC(=O)c3ccc(CN4CCOCC4)cc3)nn(C(=O)O)c2s1)c1ccccc1F. The minimum absolute atomic E-state index is 0.0171. The molecule has 1 aliphatic rings. The van der Waals surface area contributed by atoms with E-state index in [1.807, 2.05) is 12.1 Å². The molecule has 0 saturated carbocycles. The summed E-state index contributed by atoms with van der Waals surface area (Å²) in [5, 5.41) is 19.5. The first-order valence-corrected chi connectivity index (χ1v) is 13.5. The highest BCUT2D eigenvalue weighted by Crippen LogP contribution is 2.33. The van der Waals surface area contributed by atoms with Crippen LogP contribution in [0.1, 0.15) is 45.0 Å². The summed E-state index contributed by atoms with van der Waals surface area (Å²) in [4.78, 5) is 40.6. The molecule has 0 spiro atoms. The van der Waals surface area contributed by atoms with E-state index in [9.17, 15) is 23.9 Å². The molecule has 0 atom stereocenters. The van der Waals surface area contributed by atoms with Crippen molar-refractivity contribution in [2.75, 3.05) is 31.6 Å². The second-order valence-corrected chi connectivity index (χ2v) is 11.0. The molecule has 2 amide bonds. The van der Waals surface area contributed by atoms with Crippen LogP contribution in [-0.2, 0) is 16.8 Å². The molecule has 208 valence electrons. The monoisotopic (exact) mass is 565 g/mol. The third-order valence-electron chi connectivity index (χ3n) is 6.70. The van der Waals surface area contributed by atoms with Crippen molar-refractivity contribution in [3.63, 3.8) is 0 Å². The van der Waals surface area contributed by atoms with Gasteiger partial charge in [-0.2, -0.15) is 4.68 Å². The Bertz CT molecular complexity index is 1570. The van der Waals surface area contributed by atoms with Crippen molar-refractivity contribution < 1.29 is 28.6 Å². The van der Waals surface area contributed by atoms with Gasteiger partial charge in [0.05, 0.1) is 29.0 Å². The third kappa shape index (κ3) is 5.74. The number of carboxylic acid groups (broad SMARTS) is 1. The molecule has 1 saturated heterocycles. The van der Waals surface area contributed by atoms with Gasteiger partial charge in [-0.05, 0) is 43.7 Å². The summed E-state index contributed by atoms with van der Waals surface area (Å²) in [6.45, 7) is 7.21. The van der Waals surface area contributed by atoms with Crippen molar-refractivity contribution in [3.8, 4) is 0 Å². The summed E-state index contributed by atoms with van der Waals surface area (Å²) in [6, 6.07) is 14.8. The highest BCUT2D eigenvalue weighted by atomic mass is 32.1. The van der Waals surface area contributed by atoms with Gasteiger partial charge in [-0.1, -0.05) is 30.3 Å². The molecule has 0 aliphatic carbocycles. The number of rotatable bonds is 7. The van der Waals surface area contributed by atoms with Crippen LogP contribution in [-0.4, -0.2) is 64.0 Å². The number of benzene rings is 2. The Morgan fingerprint density at radius 2 is 1.77 bits per heavy atom. The number of amides is 2. The number of thiophene rings is 1. The Morgan fingerprint density at radius 3 is 2.45 bits per heavy atom. The van der Waals surface area contributed by atoms with E-state index in [1.165, 1.54) is 12.1 Å². The number of aromatic nitrogens is 2. The van der Waals surface area contributed by atoms with Gasteiger partial charge in [-0.3, -0.25) is 14.5 Å². The van der Waals surface area contributed by atoms with Crippen molar-refractivity contribution in [2.45, 2.75) is 25.9 Å². The lowest BCUT2D eigenvalue weighted by Crippen LogP contribution is -2.41. The fraction of sp³-hybridized carbons (Fsp3) is 0.286. The quantitative estimate of drug-likeness (QED) is 0.301. The number of halogens is 1. The molecule has 2 aromatic carbocycles. The molecule has 0 unspecified atom stereocenters. The van der Waals surface area contributed by atoms with Gasteiger partial charge in [-0.15, -0.1) is 16.4 Å². The molecule has 40 heavy (non-hydrogen) atoms. The molecule has 1 fully saturated rings. The average molecular weight is 566 g/mol. The Hall–Kier alpha value is -4.13. The topological polar surface area (TPSA) is 126 Å². The molecule has 12 heteroatoms. The van der Waals surface area contributed by atoms with Gasteiger partial charge in [0, 0.05) is 30.8 Å². The number of ether oxygens (including phenoxy) is 1. The summed E-state index contributed by atoms with van der Waals surface area (Å²) in [6.07, 6.45) is -1.36. The highest BCUT2D eigenvalue weighted by molar-refractivity contribution is 7.20. The first-order chi connectivity index (χ1) is 19.1. The second kappa shape index (κ2) is 11.2. The summed E-state index contributed by atoms with van der Waals surface area (Å²) in [5.74, 6) is -1.42. The normalized spacial score (nSPS) is 14.3. The van der Waals surface area contributed by atoms with Gasteiger partial charge >= 0.3 is 6.09 Å². The van der Waals surface area contributed by atoms with Crippen LogP contribution < -0.4 is 10.6 Å². The van der Waals surface area contributed by atoms with E-state index >= 15 is 0 Å². The summed E-state index contributed by atoms with van der Waals surface area (Å²) < 4.78 is 20.5. The maximum absolute atomic E-state index is 14.4. The number of hydrogen-bond acceptors (Lipinski definition) is 7. The van der Waals surface area contributed by atoms with E-state index in [0.717, 1.165) is 41.2 Å². The Kier molecular flexibility index (Phi) is 7.66. The zero-order chi connectivity index (χ0) is 28.4. The molecule has 10 nitrogen and oxygen atoms in total. The molecule has 0 bridgehead atoms. The van der Waals surface area contributed by atoms with Gasteiger partial charge in [0.15, 0.2) is 5.82 Å². The lowest BCUT2D eigenvalue weighted by molar-refractivity contribution is 0.0342. The van der Waals surface area contributed by atoms with Gasteiger partial charge in [0.1, 0.15) is 10.6 Å². The molecular weight excluding hydrogens is 537 g/mol. The van der Waals surface area contributed by atoms with E-state index in [0.29, 0.717) is 29.7 Å². The van der Waals surface area contributed by atoms with E-state index in [2.05, 4.69) is 20.6 Å². The maximum atomic E-state index is 14.4. The van der Waals surface area contributed by atoms with E-state index < -0.39 is 29.3 Å². The smallest absolute Gasteiger partial charge is 0.433 e. The lowest BCUT2D eigenvalue weighted by Gasteiger charge is -2.27. The number of hydrogen-bond donors (Lipinski definition) is 3. The van der Waals surface area contributed by atoms with Crippen LogP contribution in [0.15, 0.2) is 54.6 Å². The van der Waals surface area contributed by atoms with Gasteiger partial charge in [-0.25, -0.2) is 9.18 Å². The van der Waals surface area contributed by atoms with Crippen LogP contribution in [0.25, 0.3) is 10.2 Å². The number of morpholine rings is 1. The highest BCUT2D eigenvalue weighted by Gasteiger charge is 2.29. The first kappa shape index (κ1) is 27.4.